The van der Waals surface area contributed by atoms with Gasteiger partial charge >= 0.3 is 7.82 Å². The second kappa shape index (κ2) is 40.8. The minimum Gasteiger partial charge on any atom is -0.387 e. The minimum atomic E-state index is -4.35. The van der Waals surface area contributed by atoms with Gasteiger partial charge in [-0.1, -0.05) is 184 Å². The Morgan fingerprint density at radius 2 is 1.00 bits per heavy atom. The maximum Gasteiger partial charge on any atom is 0.472 e. The number of nitrogens with zero attached hydrogens (tertiary/aromatic N) is 1. The summed E-state index contributed by atoms with van der Waals surface area (Å²) in [6, 6.07) is -0.863. The van der Waals surface area contributed by atoms with Crippen LogP contribution in [0.15, 0.2) is 48.6 Å². The van der Waals surface area contributed by atoms with Gasteiger partial charge in [0.25, 0.3) is 0 Å². The molecule has 0 aliphatic rings. The highest BCUT2D eigenvalue weighted by Gasteiger charge is 2.27. The number of aliphatic hydroxyl groups excluding tert-OH is 1. The van der Waals surface area contributed by atoms with Crippen LogP contribution in [0, 0.1) is 0 Å². The lowest BCUT2D eigenvalue weighted by Gasteiger charge is -2.25. The first kappa shape index (κ1) is 56.5. The molecule has 0 spiro atoms. The van der Waals surface area contributed by atoms with Crippen molar-refractivity contribution in [3.05, 3.63) is 48.6 Å². The van der Waals surface area contributed by atoms with Gasteiger partial charge in [0.05, 0.1) is 39.9 Å². The molecule has 0 saturated heterocycles. The van der Waals surface area contributed by atoms with E-state index in [9.17, 15) is 19.4 Å². The molecule has 3 atom stereocenters. The van der Waals surface area contributed by atoms with Gasteiger partial charge in [-0.3, -0.25) is 13.8 Å². The maximum atomic E-state index is 12.9. The molecule has 8 nitrogen and oxygen atoms in total. The van der Waals surface area contributed by atoms with Crippen molar-refractivity contribution in [2.45, 2.75) is 219 Å². The van der Waals surface area contributed by atoms with E-state index in [1.807, 2.05) is 27.2 Å². The lowest BCUT2D eigenvalue weighted by atomic mass is 10.0. The van der Waals surface area contributed by atoms with Gasteiger partial charge in [0.2, 0.25) is 5.91 Å². The van der Waals surface area contributed by atoms with Gasteiger partial charge in [0.15, 0.2) is 0 Å². The first-order valence-electron chi connectivity index (χ1n) is 24.0. The number of carbonyl (C=O) groups excluding carboxylic acids is 1. The molecular formula is C49H94N2O6P+. The molecule has 3 N–H and O–H groups in total. The van der Waals surface area contributed by atoms with Gasteiger partial charge in [-0.05, 0) is 64.2 Å². The highest BCUT2D eigenvalue weighted by Crippen LogP contribution is 2.43. The number of hydrogen-bond acceptors (Lipinski definition) is 5. The van der Waals surface area contributed by atoms with Crippen LogP contribution in [0.5, 0.6) is 0 Å². The van der Waals surface area contributed by atoms with Crippen LogP contribution in [-0.4, -0.2) is 73.4 Å². The molecule has 0 aliphatic carbocycles. The summed E-state index contributed by atoms with van der Waals surface area (Å²) in [5.41, 5.74) is 0. The van der Waals surface area contributed by atoms with Crippen molar-refractivity contribution in [3.63, 3.8) is 0 Å². The molecule has 1 amide bonds. The quantitative estimate of drug-likeness (QED) is 0.0244. The molecule has 340 valence electrons. The van der Waals surface area contributed by atoms with Crippen LogP contribution in [-0.2, 0) is 18.4 Å². The zero-order valence-electron chi connectivity index (χ0n) is 38.5. The average molecular weight is 838 g/mol. The summed E-state index contributed by atoms with van der Waals surface area (Å²) >= 11 is 0. The lowest BCUT2D eigenvalue weighted by Crippen LogP contribution is -2.45. The second-order valence-electron chi connectivity index (χ2n) is 17.5. The van der Waals surface area contributed by atoms with Gasteiger partial charge in [-0.25, -0.2) is 4.57 Å². The molecule has 3 unspecified atom stereocenters. The Hall–Kier alpha value is -1.54. The molecule has 0 fully saturated rings. The van der Waals surface area contributed by atoms with Crippen molar-refractivity contribution >= 4 is 13.7 Å². The van der Waals surface area contributed by atoms with Gasteiger partial charge < -0.3 is 19.8 Å². The summed E-state index contributed by atoms with van der Waals surface area (Å²) in [4.78, 5) is 23.1. The fraction of sp³-hybridized carbons (Fsp3) is 0.816. The Kier molecular flexibility index (Phi) is 39.8. The monoisotopic (exact) mass is 838 g/mol. The van der Waals surface area contributed by atoms with E-state index in [2.05, 4.69) is 55.6 Å². The van der Waals surface area contributed by atoms with Gasteiger partial charge in [0, 0.05) is 6.42 Å². The van der Waals surface area contributed by atoms with E-state index in [0.29, 0.717) is 17.4 Å². The zero-order valence-corrected chi connectivity index (χ0v) is 39.4. The number of carbonyl (C=O) groups is 1. The number of quaternary nitrogens is 1. The van der Waals surface area contributed by atoms with Gasteiger partial charge in [-0.2, -0.15) is 0 Å². The fourth-order valence-corrected chi connectivity index (χ4v) is 7.41. The van der Waals surface area contributed by atoms with Crippen LogP contribution in [0.3, 0.4) is 0 Å². The summed E-state index contributed by atoms with van der Waals surface area (Å²) in [6.45, 7) is 4.77. The molecule has 0 aliphatic heterocycles. The molecule has 9 heteroatoms. The molecular weight excluding hydrogens is 744 g/mol. The number of unbranched alkanes of at least 4 members (excludes halogenated alkanes) is 24. The largest absolute Gasteiger partial charge is 0.472 e. The number of phosphoric ester groups is 1. The third kappa shape index (κ3) is 42.6. The summed E-state index contributed by atoms with van der Waals surface area (Å²) < 4.78 is 23.6. The van der Waals surface area contributed by atoms with E-state index in [1.165, 1.54) is 141 Å². The van der Waals surface area contributed by atoms with Crippen LogP contribution in [0.2, 0.25) is 0 Å². The smallest absolute Gasteiger partial charge is 0.387 e. The van der Waals surface area contributed by atoms with E-state index in [4.69, 9.17) is 9.05 Å². The van der Waals surface area contributed by atoms with Crippen molar-refractivity contribution in [3.8, 4) is 0 Å². The van der Waals surface area contributed by atoms with Gasteiger partial charge in [-0.15, -0.1) is 0 Å². The zero-order chi connectivity index (χ0) is 42.8. The first-order chi connectivity index (χ1) is 28.0. The van der Waals surface area contributed by atoms with Crippen LogP contribution in [0.1, 0.15) is 206 Å². The summed E-state index contributed by atoms with van der Waals surface area (Å²) in [5, 5.41) is 13.8. The molecule has 58 heavy (non-hydrogen) atoms. The number of nitrogens with one attached hydrogen (secondary N) is 1. The number of amides is 1. The molecule has 0 rings (SSSR count). The minimum absolute atomic E-state index is 0.0548. The highest BCUT2D eigenvalue weighted by atomic mass is 31.2. The number of rotatable bonds is 43. The normalized spacial score (nSPS) is 14.7. The summed E-state index contributed by atoms with van der Waals surface area (Å²) in [6.07, 6.45) is 51.9. The summed E-state index contributed by atoms with van der Waals surface area (Å²) in [5.74, 6) is -0.191. The van der Waals surface area contributed by atoms with E-state index in [1.54, 1.807) is 6.08 Å². The standard InChI is InChI=1S/C49H93N2O6P/c1-6-8-10-12-14-16-18-20-21-22-23-24-25-26-27-28-29-31-33-35-37-39-41-43-49(53)50-47(46-57-58(54,55)56-45-44-51(3,4)5)48(52)42-40-38-36-34-32-30-19-17-15-13-11-9-7-2/h18,20,22-23,32,34,40,42,47-48,52H,6-17,19,21,24-31,33,35-39,41,43-46H2,1-5H3,(H-,50,53,54,55)/p+1/b20-18-,23-22-,34-32+,42-40+. The van der Waals surface area contributed by atoms with Crippen LogP contribution in [0.25, 0.3) is 0 Å². The Labute approximate surface area is 359 Å². The highest BCUT2D eigenvalue weighted by molar-refractivity contribution is 7.47. The van der Waals surface area contributed by atoms with Crippen molar-refractivity contribution in [1.82, 2.24) is 5.32 Å². The molecule has 0 aromatic carbocycles. The Morgan fingerprint density at radius 3 is 1.48 bits per heavy atom. The third-order valence-corrected chi connectivity index (χ3v) is 11.5. The number of likely N-dealkylation sites (N-methyl/N-ethyl adjacent to an activating group) is 1. The third-order valence-electron chi connectivity index (χ3n) is 10.5. The van der Waals surface area contributed by atoms with E-state index in [-0.39, 0.29) is 19.1 Å². The number of phosphoric acid groups is 1. The van der Waals surface area contributed by atoms with Crippen molar-refractivity contribution < 1.29 is 32.9 Å². The van der Waals surface area contributed by atoms with Gasteiger partial charge in [0.1, 0.15) is 13.2 Å². The first-order valence-corrected chi connectivity index (χ1v) is 25.5. The predicted octanol–water partition coefficient (Wildman–Crippen LogP) is 13.6. The molecule has 0 aromatic rings. The number of hydrogen-bond donors (Lipinski definition) is 3. The molecule has 0 aromatic heterocycles. The molecule has 0 bridgehead atoms. The number of allylic oxidation sites excluding steroid dienone is 7. The van der Waals surface area contributed by atoms with Crippen LogP contribution < -0.4 is 5.32 Å². The van der Waals surface area contributed by atoms with Crippen LogP contribution in [0.4, 0.5) is 0 Å². The van der Waals surface area contributed by atoms with Crippen LogP contribution >= 0.6 is 7.82 Å². The average Bonchev–Trinajstić information content (AvgIpc) is 3.17. The summed E-state index contributed by atoms with van der Waals surface area (Å²) in [7, 11) is 1.55. The molecule has 0 saturated carbocycles. The predicted molar refractivity (Wildman–Crippen MR) is 249 cm³/mol. The van der Waals surface area contributed by atoms with Crippen molar-refractivity contribution in [2.75, 3.05) is 40.9 Å². The lowest BCUT2D eigenvalue weighted by molar-refractivity contribution is -0.870. The van der Waals surface area contributed by atoms with E-state index in [0.717, 1.165) is 44.9 Å². The maximum absolute atomic E-state index is 12.9. The fourth-order valence-electron chi connectivity index (χ4n) is 6.67. The molecule has 0 radical (unpaired) electrons. The second-order valence-corrected chi connectivity index (χ2v) is 18.9. The van der Waals surface area contributed by atoms with Crippen molar-refractivity contribution in [2.24, 2.45) is 0 Å². The van der Waals surface area contributed by atoms with E-state index >= 15 is 0 Å². The topological polar surface area (TPSA) is 105 Å². The molecule has 0 heterocycles. The van der Waals surface area contributed by atoms with E-state index < -0.39 is 20.0 Å². The van der Waals surface area contributed by atoms with Crippen molar-refractivity contribution in [1.29, 1.82) is 0 Å². The SMILES string of the molecule is CCCCCCC/C=C\C/C=C\CCCCCCCCCCCCCC(=O)NC(COP(=O)(O)OCC[N+](C)(C)C)C(O)/C=C/CC/C=C/CCCCCCCCC. The Morgan fingerprint density at radius 1 is 0.586 bits per heavy atom. The Balaban J connectivity index is 4.31. The number of aliphatic hydroxyl groups is 1. The Bertz CT molecular complexity index is 1090.